The molecule has 0 aliphatic carbocycles. The van der Waals surface area contributed by atoms with Crippen LogP contribution in [0.3, 0.4) is 0 Å². The molecule has 1 aromatic carbocycles. The number of ether oxygens (including phenoxy) is 1. The minimum atomic E-state index is 0.00444. The predicted octanol–water partition coefficient (Wildman–Crippen LogP) is 5.72. The van der Waals surface area contributed by atoms with Gasteiger partial charge in [0.15, 0.2) is 0 Å². The Labute approximate surface area is 184 Å². The van der Waals surface area contributed by atoms with Crippen molar-refractivity contribution >= 4 is 16.6 Å². The van der Waals surface area contributed by atoms with Gasteiger partial charge in [0.05, 0.1) is 17.8 Å². The van der Waals surface area contributed by atoms with Crippen LogP contribution >= 0.6 is 0 Å². The van der Waals surface area contributed by atoms with E-state index in [4.69, 9.17) is 14.1 Å². The second kappa shape index (κ2) is 7.86. The van der Waals surface area contributed by atoms with E-state index in [2.05, 4.69) is 49.2 Å². The van der Waals surface area contributed by atoms with Crippen LogP contribution < -0.4 is 10.1 Å². The van der Waals surface area contributed by atoms with Gasteiger partial charge < -0.3 is 19.4 Å². The molecule has 0 saturated carbocycles. The summed E-state index contributed by atoms with van der Waals surface area (Å²) in [6.07, 6.45) is 6.50. The molecule has 0 bridgehead atoms. The third-order valence-electron chi connectivity index (χ3n) is 6.54. The first-order valence-electron chi connectivity index (χ1n) is 11.6. The molecule has 4 heterocycles. The van der Waals surface area contributed by atoms with Crippen molar-refractivity contribution in [1.29, 1.82) is 0 Å². The van der Waals surface area contributed by atoms with E-state index in [0.29, 0.717) is 0 Å². The van der Waals surface area contributed by atoms with E-state index in [1.165, 1.54) is 42.6 Å². The van der Waals surface area contributed by atoms with Crippen molar-refractivity contribution in [2.24, 2.45) is 0 Å². The normalized spacial score (nSPS) is 17.8. The quantitative estimate of drug-likeness (QED) is 0.518. The largest absolute Gasteiger partial charge is 0.493 e. The lowest BCUT2D eigenvalue weighted by Gasteiger charge is -2.19. The summed E-state index contributed by atoms with van der Waals surface area (Å²) in [5.74, 6) is 1.84. The molecule has 5 heteroatoms. The van der Waals surface area contributed by atoms with Crippen LogP contribution in [0.2, 0.25) is 0 Å². The van der Waals surface area contributed by atoms with Crippen molar-refractivity contribution in [1.82, 2.24) is 9.88 Å². The molecular weight excluding hydrogens is 386 g/mol. The Morgan fingerprint density at radius 3 is 2.71 bits per heavy atom. The maximum absolute atomic E-state index is 6.21. The highest BCUT2D eigenvalue weighted by Crippen LogP contribution is 2.43. The molecule has 2 aliphatic heterocycles. The van der Waals surface area contributed by atoms with E-state index < -0.39 is 0 Å². The topological polar surface area (TPSA) is 50.5 Å². The van der Waals surface area contributed by atoms with Gasteiger partial charge in [-0.25, -0.2) is 4.98 Å². The molecule has 0 amide bonds. The fraction of sp³-hybridized carbons (Fsp3) is 0.500. The SMILES string of the molecule is Cc1cc(-c2nc3cc(OCCCN4CCCC4)c(C)cc3c3c2CC(C)(C)N3)co1. The van der Waals surface area contributed by atoms with Gasteiger partial charge in [-0.15, -0.1) is 0 Å². The van der Waals surface area contributed by atoms with E-state index in [-0.39, 0.29) is 5.54 Å². The van der Waals surface area contributed by atoms with Crippen molar-refractivity contribution < 1.29 is 9.15 Å². The monoisotopic (exact) mass is 419 g/mol. The molecule has 2 aromatic heterocycles. The number of anilines is 1. The molecule has 2 aliphatic rings. The van der Waals surface area contributed by atoms with Crippen LogP contribution in [0.1, 0.15) is 50.0 Å². The van der Waals surface area contributed by atoms with Crippen LogP contribution in [0.5, 0.6) is 5.75 Å². The number of rotatable bonds is 6. The summed E-state index contributed by atoms with van der Waals surface area (Å²) in [6, 6.07) is 6.42. The number of nitrogens with one attached hydrogen (secondary N) is 1. The maximum atomic E-state index is 6.21. The number of aryl methyl sites for hydroxylation is 2. The lowest BCUT2D eigenvalue weighted by molar-refractivity contribution is 0.262. The van der Waals surface area contributed by atoms with Crippen LogP contribution in [0.4, 0.5) is 5.69 Å². The van der Waals surface area contributed by atoms with E-state index in [1.807, 2.05) is 13.2 Å². The molecule has 0 atom stereocenters. The third-order valence-corrected chi connectivity index (χ3v) is 6.54. The fourth-order valence-electron chi connectivity index (χ4n) is 5.02. The summed E-state index contributed by atoms with van der Waals surface area (Å²) in [5.41, 5.74) is 6.67. The van der Waals surface area contributed by atoms with Crippen LogP contribution in [0.15, 0.2) is 28.9 Å². The number of hydrogen-bond acceptors (Lipinski definition) is 5. The first-order valence-corrected chi connectivity index (χ1v) is 11.6. The van der Waals surface area contributed by atoms with Crippen molar-refractivity contribution in [3.8, 4) is 17.0 Å². The zero-order valence-corrected chi connectivity index (χ0v) is 19.2. The number of hydrogen-bond donors (Lipinski definition) is 1. The van der Waals surface area contributed by atoms with E-state index in [0.717, 1.165) is 59.8 Å². The number of aromatic nitrogens is 1. The minimum Gasteiger partial charge on any atom is -0.493 e. The summed E-state index contributed by atoms with van der Waals surface area (Å²) in [5, 5.41) is 4.92. The summed E-state index contributed by atoms with van der Waals surface area (Å²) >= 11 is 0. The molecule has 1 N–H and O–H groups in total. The maximum Gasteiger partial charge on any atom is 0.124 e. The number of likely N-dealkylation sites (tertiary alicyclic amines) is 1. The Bertz CT molecular complexity index is 1110. The molecule has 1 saturated heterocycles. The van der Waals surface area contributed by atoms with Gasteiger partial charge in [-0.1, -0.05) is 0 Å². The summed E-state index contributed by atoms with van der Waals surface area (Å²) in [7, 11) is 0. The Hall–Kier alpha value is -2.53. The average Bonchev–Trinajstić information content (AvgIpc) is 3.45. The lowest BCUT2D eigenvalue weighted by Crippen LogP contribution is -2.27. The van der Waals surface area contributed by atoms with E-state index in [1.54, 1.807) is 0 Å². The molecule has 3 aromatic rings. The van der Waals surface area contributed by atoms with Gasteiger partial charge in [0.25, 0.3) is 0 Å². The number of furan rings is 1. The second-order valence-corrected chi connectivity index (χ2v) is 9.83. The molecular formula is C26H33N3O2. The van der Waals surface area contributed by atoms with E-state index in [9.17, 15) is 0 Å². The van der Waals surface area contributed by atoms with Crippen LogP contribution in [-0.4, -0.2) is 41.7 Å². The lowest BCUT2D eigenvalue weighted by atomic mass is 9.96. The Morgan fingerprint density at radius 1 is 1.16 bits per heavy atom. The summed E-state index contributed by atoms with van der Waals surface area (Å²) < 4.78 is 11.8. The second-order valence-electron chi connectivity index (χ2n) is 9.83. The van der Waals surface area contributed by atoms with E-state index >= 15 is 0 Å². The molecule has 1 fully saturated rings. The molecule has 0 radical (unpaired) electrons. The number of pyridine rings is 1. The van der Waals surface area contributed by atoms with Gasteiger partial charge in [0.2, 0.25) is 0 Å². The molecule has 0 unspecified atom stereocenters. The minimum absolute atomic E-state index is 0.00444. The third kappa shape index (κ3) is 4.03. The highest BCUT2D eigenvalue weighted by atomic mass is 16.5. The van der Waals surface area contributed by atoms with Gasteiger partial charge in [0.1, 0.15) is 17.8 Å². The smallest absolute Gasteiger partial charge is 0.124 e. The molecule has 5 nitrogen and oxygen atoms in total. The van der Waals surface area contributed by atoms with Gasteiger partial charge in [-0.2, -0.15) is 0 Å². The Balaban J connectivity index is 1.47. The predicted molar refractivity (Wildman–Crippen MR) is 126 cm³/mol. The highest BCUT2D eigenvalue weighted by Gasteiger charge is 2.32. The van der Waals surface area contributed by atoms with Crippen molar-refractivity contribution in [2.75, 3.05) is 31.6 Å². The van der Waals surface area contributed by atoms with Crippen molar-refractivity contribution in [2.45, 2.75) is 58.9 Å². The van der Waals surface area contributed by atoms with Crippen molar-refractivity contribution in [3.05, 3.63) is 41.3 Å². The van der Waals surface area contributed by atoms with Crippen LogP contribution in [0.25, 0.3) is 22.2 Å². The zero-order chi connectivity index (χ0) is 21.6. The highest BCUT2D eigenvalue weighted by molar-refractivity contribution is 5.99. The Morgan fingerprint density at radius 2 is 1.97 bits per heavy atom. The summed E-state index contributed by atoms with van der Waals surface area (Å²) in [6.45, 7) is 12.9. The Kier molecular flexibility index (Phi) is 5.17. The molecule has 5 rings (SSSR count). The van der Waals surface area contributed by atoms with Gasteiger partial charge >= 0.3 is 0 Å². The molecule has 0 spiro atoms. The number of nitrogens with zero attached hydrogens (tertiary/aromatic N) is 2. The number of fused-ring (bicyclic) bond motifs is 3. The van der Waals surface area contributed by atoms with Crippen LogP contribution in [-0.2, 0) is 6.42 Å². The average molecular weight is 420 g/mol. The van der Waals surface area contributed by atoms with Crippen LogP contribution in [0, 0.1) is 13.8 Å². The van der Waals surface area contributed by atoms with Crippen molar-refractivity contribution in [3.63, 3.8) is 0 Å². The van der Waals surface area contributed by atoms with Gasteiger partial charge in [-0.3, -0.25) is 0 Å². The molecule has 31 heavy (non-hydrogen) atoms. The standard InChI is InChI=1S/C26H33N3O2/c1-17-12-20-22(14-23(17)30-11-7-10-29-8-5-6-9-29)27-24(19-13-18(2)31-16-19)21-15-26(3,4)28-25(20)21/h12-14,16,28H,5-11,15H2,1-4H3. The number of benzene rings is 1. The van der Waals surface area contributed by atoms with Gasteiger partial charge in [0, 0.05) is 40.4 Å². The summed E-state index contributed by atoms with van der Waals surface area (Å²) in [4.78, 5) is 7.64. The first kappa shape index (κ1) is 20.4. The fourth-order valence-corrected chi connectivity index (χ4v) is 5.02. The molecule has 164 valence electrons. The first-order chi connectivity index (χ1) is 14.9. The van der Waals surface area contributed by atoms with Gasteiger partial charge in [-0.05, 0) is 84.2 Å². The zero-order valence-electron chi connectivity index (χ0n) is 19.2.